The predicted molar refractivity (Wildman–Crippen MR) is 148 cm³/mol. The average Bonchev–Trinajstić information content (AvgIpc) is 3.49. The molecule has 7 nitrogen and oxygen atoms in total. The molecule has 2 heterocycles. The summed E-state index contributed by atoms with van der Waals surface area (Å²) in [7, 11) is -0.0936. The maximum atomic E-state index is 14.3. The third-order valence-electron chi connectivity index (χ3n) is 6.18. The van der Waals surface area contributed by atoms with Crippen molar-refractivity contribution in [1.29, 1.82) is 0 Å². The van der Waals surface area contributed by atoms with E-state index in [0.29, 0.717) is 29.9 Å². The van der Waals surface area contributed by atoms with Crippen LogP contribution in [0.25, 0.3) is 10.2 Å². The Labute approximate surface area is 229 Å². The molecule has 0 N–H and O–H groups in total. The topological polar surface area (TPSA) is 73.8 Å². The summed E-state index contributed by atoms with van der Waals surface area (Å²) in [5.74, 6) is -1.93. The third-order valence-corrected chi connectivity index (χ3v) is 9.04. The predicted octanol–water partition coefficient (Wildman–Crippen LogP) is 4.96. The lowest BCUT2D eigenvalue weighted by Gasteiger charge is -2.22. The smallest absolute Gasteiger partial charge is 0.264 e. The van der Waals surface area contributed by atoms with Gasteiger partial charge in [0.05, 0.1) is 15.3 Å². The van der Waals surface area contributed by atoms with Crippen LogP contribution in [0, 0.1) is 11.6 Å². The molecule has 12 heteroatoms. The minimum absolute atomic E-state index is 0. The highest BCUT2D eigenvalue weighted by atomic mass is 35.5. The van der Waals surface area contributed by atoms with E-state index in [9.17, 15) is 22.0 Å². The number of para-hydroxylation sites is 1. The van der Waals surface area contributed by atoms with Gasteiger partial charge in [0.1, 0.15) is 11.3 Å². The fraction of sp³-hybridized carbons (Fsp3) is 0.231. The molecule has 0 bridgehead atoms. The molecule has 1 aliphatic rings. The van der Waals surface area contributed by atoms with Crippen molar-refractivity contribution in [3.05, 3.63) is 83.4 Å². The van der Waals surface area contributed by atoms with Crippen molar-refractivity contribution in [3.63, 3.8) is 0 Å². The van der Waals surface area contributed by atoms with Crippen molar-refractivity contribution in [2.75, 3.05) is 42.9 Å². The number of carbonyl (C=O) groups is 1. The van der Waals surface area contributed by atoms with E-state index in [4.69, 9.17) is 0 Å². The normalized spacial score (nSPS) is 13.0. The van der Waals surface area contributed by atoms with E-state index in [1.807, 2.05) is 31.1 Å². The Morgan fingerprint density at radius 2 is 1.76 bits per heavy atom. The summed E-state index contributed by atoms with van der Waals surface area (Å²) in [5.41, 5.74) is 1.89. The van der Waals surface area contributed by atoms with Gasteiger partial charge in [-0.25, -0.2) is 22.2 Å². The van der Waals surface area contributed by atoms with E-state index in [-0.39, 0.29) is 40.1 Å². The molecule has 0 radical (unpaired) electrons. The number of hydrogen-bond acceptors (Lipinski definition) is 6. The molecule has 0 fully saturated rings. The lowest BCUT2D eigenvalue weighted by molar-refractivity contribution is 0.0985. The number of thiazole rings is 1. The molecule has 1 aliphatic heterocycles. The van der Waals surface area contributed by atoms with Crippen LogP contribution >= 0.6 is 23.7 Å². The largest absolute Gasteiger partial charge is 0.308 e. The van der Waals surface area contributed by atoms with Gasteiger partial charge in [0, 0.05) is 31.3 Å². The number of hydrogen-bond donors (Lipinski definition) is 0. The van der Waals surface area contributed by atoms with E-state index in [2.05, 4.69) is 4.98 Å². The van der Waals surface area contributed by atoms with Gasteiger partial charge in [0.25, 0.3) is 15.9 Å². The van der Waals surface area contributed by atoms with Crippen molar-refractivity contribution in [2.24, 2.45) is 0 Å². The highest BCUT2D eigenvalue weighted by Crippen LogP contribution is 2.34. The Bertz CT molecular complexity index is 1590. The maximum Gasteiger partial charge on any atom is 0.264 e. The maximum absolute atomic E-state index is 14.3. The minimum atomic E-state index is -3.80. The third kappa shape index (κ3) is 5.24. The number of likely N-dealkylation sites (N-methyl/N-ethyl adjacent to an activating group) is 1. The number of fused-ring (bicyclic) bond motifs is 2. The fourth-order valence-corrected chi connectivity index (χ4v) is 6.79. The van der Waals surface area contributed by atoms with Gasteiger partial charge in [0.15, 0.2) is 10.9 Å². The second kappa shape index (κ2) is 10.9. The Kier molecular flexibility index (Phi) is 8.03. The first-order valence-electron chi connectivity index (χ1n) is 11.6. The first kappa shape index (κ1) is 27.9. The number of amides is 1. The van der Waals surface area contributed by atoms with Gasteiger partial charge in [-0.2, -0.15) is 0 Å². The summed E-state index contributed by atoms with van der Waals surface area (Å²) in [6, 6.07) is 15.1. The van der Waals surface area contributed by atoms with E-state index >= 15 is 0 Å². The number of nitrogens with zero attached hydrogens (tertiary/aromatic N) is 4. The van der Waals surface area contributed by atoms with Crippen molar-refractivity contribution in [1.82, 2.24) is 9.88 Å². The molecule has 0 spiro atoms. The van der Waals surface area contributed by atoms with Crippen LogP contribution in [0.1, 0.15) is 15.9 Å². The quantitative estimate of drug-likeness (QED) is 0.310. The number of anilines is 2. The van der Waals surface area contributed by atoms with Crippen molar-refractivity contribution in [2.45, 2.75) is 11.3 Å². The Morgan fingerprint density at radius 1 is 1.05 bits per heavy atom. The van der Waals surface area contributed by atoms with Gasteiger partial charge < -0.3 is 4.90 Å². The van der Waals surface area contributed by atoms with Crippen LogP contribution in [-0.2, 0) is 16.4 Å². The van der Waals surface area contributed by atoms with Crippen molar-refractivity contribution in [3.8, 4) is 0 Å². The molecular weight excluding hydrogens is 554 g/mol. The van der Waals surface area contributed by atoms with Crippen LogP contribution in [-0.4, -0.2) is 57.9 Å². The Hall–Kier alpha value is -3.12. The van der Waals surface area contributed by atoms with Crippen LogP contribution in [0.15, 0.2) is 65.6 Å². The highest BCUT2D eigenvalue weighted by molar-refractivity contribution is 7.92. The van der Waals surface area contributed by atoms with Crippen LogP contribution < -0.4 is 9.21 Å². The van der Waals surface area contributed by atoms with Gasteiger partial charge in [-0.3, -0.25) is 14.0 Å². The van der Waals surface area contributed by atoms with Crippen LogP contribution in [0.2, 0.25) is 0 Å². The Morgan fingerprint density at radius 3 is 2.47 bits per heavy atom. The van der Waals surface area contributed by atoms with E-state index in [1.165, 1.54) is 39.5 Å². The zero-order chi connectivity index (χ0) is 26.3. The Balaban J connectivity index is 0.00000336. The molecule has 0 unspecified atom stereocenters. The number of sulfonamides is 1. The van der Waals surface area contributed by atoms with Crippen LogP contribution in [0.5, 0.6) is 0 Å². The van der Waals surface area contributed by atoms with Gasteiger partial charge in [-0.1, -0.05) is 29.5 Å². The molecule has 0 saturated heterocycles. The molecule has 0 aliphatic carbocycles. The van der Waals surface area contributed by atoms with Crippen LogP contribution in [0.3, 0.4) is 0 Å². The molecule has 200 valence electrons. The van der Waals surface area contributed by atoms with Gasteiger partial charge in [-0.15, -0.1) is 12.4 Å². The lowest BCUT2D eigenvalue weighted by atomic mass is 10.2. The van der Waals surface area contributed by atoms with E-state index in [0.717, 1.165) is 23.0 Å². The monoisotopic (exact) mass is 578 g/mol. The molecular formula is C26H25ClF2N4O3S2. The molecule has 1 amide bonds. The van der Waals surface area contributed by atoms with Crippen LogP contribution in [0.4, 0.5) is 19.6 Å². The standard InChI is InChI=1S/C26H24F2N4O3S2.ClH/c1-30(2)13-14-31(26-29-24-21(28)15-19(27)16-23(24)36-26)25(33)18-7-9-20(10-8-18)37(34,35)32-12-11-17-5-3-4-6-22(17)32;/h3-10,15-16H,11-14H2,1-2H3;1H. The summed E-state index contributed by atoms with van der Waals surface area (Å²) < 4.78 is 56.3. The number of benzene rings is 3. The first-order valence-corrected chi connectivity index (χ1v) is 13.8. The average molecular weight is 579 g/mol. The number of halogens is 3. The van der Waals surface area contributed by atoms with Gasteiger partial charge in [0.2, 0.25) is 0 Å². The molecule has 5 rings (SSSR count). The zero-order valence-electron chi connectivity index (χ0n) is 20.6. The summed E-state index contributed by atoms with van der Waals surface area (Å²) in [6.45, 7) is 1.11. The molecule has 1 aromatic heterocycles. The summed E-state index contributed by atoms with van der Waals surface area (Å²) in [4.78, 5) is 21.2. The molecule has 3 aromatic carbocycles. The van der Waals surface area contributed by atoms with Crippen molar-refractivity contribution < 1.29 is 22.0 Å². The number of rotatable bonds is 7. The van der Waals surface area contributed by atoms with Crippen molar-refractivity contribution >= 4 is 60.7 Å². The second-order valence-corrected chi connectivity index (χ2v) is 11.8. The number of carbonyl (C=O) groups excluding carboxylic acids is 1. The molecule has 0 atom stereocenters. The zero-order valence-corrected chi connectivity index (χ0v) is 23.0. The SMILES string of the molecule is CN(C)CCN(C(=O)c1ccc(S(=O)(=O)N2CCc3ccccc32)cc1)c1nc2c(F)cc(F)cc2s1.Cl. The first-order chi connectivity index (χ1) is 17.6. The summed E-state index contributed by atoms with van der Waals surface area (Å²) in [5, 5.41) is 0.233. The second-order valence-electron chi connectivity index (χ2n) is 8.97. The highest BCUT2D eigenvalue weighted by Gasteiger charge is 2.31. The van der Waals surface area contributed by atoms with Gasteiger partial charge in [-0.05, 0) is 62.5 Å². The fourth-order valence-electron chi connectivity index (χ4n) is 4.26. The lowest BCUT2D eigenvalue weighted by Crippen LogP contribution is -2.36. The summed E-state index contributed by atoms with van der Waals surface area (Å²) >= 11 is 1.02. The molecule has 0 saturated carbocycles. The van der Waals surface area contributed by atoms with E-state index < -0.39 is 27.6 Å². The van der Waals surface area contributed by atoms with Gasteiger partial charge >= 0.3 is 0 Å². The minimum Gasteiger partial charge on any atom is -0.308 e. The van der Waals surface area contributed by atoms with E-state index in [1.54, 1.807) is 12.1 Å². The summed E-state index contributed by atoms with van der Waals surface area (Å²) in [6.07, 6.45) is 0.638. The molecule has 4 aromatic rings. The number of aromatic nitrogens is 1. The molecule has 38 heavy (non-hydrogen) atoms.